The molecule has 0 radical (unpaired) electrons. The topological polar surface area (TPSA) is 26.0 Å². The molecule has 0 spiro atoms. The molecule has 1 saturated carbocycles. The van der Waals surface area contributed by atoms with Gasteiger partial charge in [0.1, 0.15) is 5.76 Å². The van der Waals surface area contributed by atoms with Crippen LogP contribution in [0.1, 0.15) is 50.0 Å². The van der Waals surface area contributed by atoms with E-state index in [4.69, 9.17) is 4.42 Å². The monoisotopic (exact) mass is 271 g/mol. The molecule has 1 aliphatic rings. The fourth-order valence-electron chi connectivity index (χ4n) is 2.40. The highest BCUT2D eigenvalue weighted by Gasteiger charge is 2.16. The maximum Gasteiger partial charge on any atom is 0.181 e. The Kier molecular flexibility index (Phi) is 4.24. The summed E-state index contributed by atoms with van der Waals surface area (Å²) in [4.78, 5) is 4.21. The van der Waals surface area contributed by atoms with Crippen molar-refractivity contribution >= 4 is 15.9 Å². The number of rotatable bonds is 3. The fraction of sp³-hybridized carbons (Fsp3) is 0.750. The molecule has 0 amide bonds. The summed E-state index contributed by atoms with van der Waals surface area (Å²) in [5.74, 6) is 1.91. The van der Waals surface area contributed by atoms with E-state index in [9.17, 15) is 0 Å². The molecule has 0 saturated heterocycles. The van der Waals surface area contributed by atoms with Crippen LogP contribution in [0, 0.1) is 5.92 Å². The number of nitrogens with zero attached hydrogens (tertiary/aromatic N) is 1. The predicted octanol–water partition coefficient (Wildman–Crippen LogP) is 4.08. The van der Waals surface area contributed by atoms with Crippen LogP contribution in [0.15, 0.2) is 10.8 Å². The highest BCUT2D eigenvalue weighted by Crippen LogP contribution is 2.27. The van der Waals surface area contributed by atoms with Gasteiger partial charge in [-0.2, -0.15) is 0 Å². The number of aromatic nitrogens is 1. The summed E-state index contributed by atoms with van der Waals surface area (Å²) in [6.07, 6.45) is 11.0. The first kappa shape index (κ1) is 11.2. The van der Waals surface area contributed by atoms with Crippen molar-refractivity contribution in [3.05, 3.63) is 17.8 Å². The zero-order valence-corrected chi connectivity index (χ0v) is 10.6. The Labute approximate surface area is 99.6 Å². The highest BCUT2D eigenvalue weighted by molar-refractivity contribution is 9.08. The molecule has 0 atom stereocenters. The SMILES string of the molecule is BrCc1ncoc1CC1CCCCCC1. The quantitative estimate of drug-likeness (QED) is 0.612. The summed E-state index contributed by atoms with van der Waals surface area (Å²) in [6.45, 7) is 0. The van der Waals surface area contributed by atoms with Gasteiger partial charge in [0.25, 0.3) is 0 Å². The van der Waals surface area contributed by atoms with Crippen molar-refractivity contribution in [3.63, 3.8) is 0 Å². The zero-order chi connectivity index (χ0) is 10.5. The highest BCUT2D eigenvalue weighted by atomic mass is 79.9. The first-order valence-corrected chi connectivity index (χ1v) is 6.99. The molecule has 0 N–H and O–H groups in total. The van der Waals surface area contributed by atoms with Gasteiger partial charge in [0, 0.05) is 11.8 Å². The molecule has 3 heteroatoms. The minimum Gasteiger partial charge on any atom is -0.448 e. The molecule has 2 nitrogen and oxygen atoms in total. The van der Waals surface area contributed by atoms with Crippen LogP contribution in [0.25, 0.3) is 0 Å². The minimum absolute atomic E-state index is 0.811. The fourth-order valence-corrected chi connectivity index (χ4v) is 2.86. The van der Waals surface area contributed by atoms with Gasteiger partial charge in [0.05, 0.1) is 5.69 Å². The first-order valence-electron chi connectivity index (χ1n) is 5.87. The average molecular weight is 272 g/mol. The number of alkyl halides is 1. The van der Waals surface area contributed by atoms with Crippen LogP contribution in [0.5, 0.6) is 0 Å². The summed E-state index contributed by atoms with van der Waals surface area (Å²) in [5.41, 5.74) is 1.08. The molecule has 1 aromatic heterocycles. The molecule has 2 rings (SSSR count). The lowest BCUT2D eigenvalue weighted by molar-refractivity contribution is 0.401. The number of hydrogen-bond acceptors (Lipinski definition) is 2. The Balaban J connectivity index is 1.94. The summed E-state index contributed by atoms with van der Waals surface area (Å²) in [6, 6.07) is 0. The maximum atomic E-state index is 5.46. The van der Waals surface area contributed by atoms with E-state index >= 15 is 0 Å². The van der Waals surface area contributed by atoms with Crippen LogP contribution in [-0.4, -0.2) is 4.98 Å². The molecular formula is C12H18BrNO. The number of halogens is 1. The van der Waals surface area contributed by atoms with Crippen molar-refractivity contribution in [3.8, 4) is 0 Å². The normalized spacial score (nSPS) is 19.0. The third-order valence-corrected chi connectivity index (χ3v) is 3.83. The lowest BCUT2D eigenvalue weighted by atomic mass is 9.95. The van der Waals surface area contributed by atoms with Gasteiger partial charge in [-0.15, -0.1) is 0 Å². The molecule has 1 heterocycles. The molecule has 15 heavy (non-hydrogen) atoms. The van der Waals surface area contributed by atoms with E-state index in [0.717, 1.165) is 29.1 Å². The van der Waals surface area contributed by atoms with Crippen LogP contribution in [-0.2, 0) is 11.8 Å². The molecule has 1 aliphatic carbocycles. The largest absolute Gasteiger partial charge is 0.448 e. The smallest absolute Gasteiger partial charge is 0.181 e. The Hall–Kier alpha value is -0.310. The van der Waals surface area contributed by atoms with E-state index in [2.05, 4.69) is 20.9 Å². The summed E-state index contributed by atoms with van der Waals surface area (Å²) >= 11 is 3.45. The van der Waals surface area contributed by atoms with Gasteiger partial charge >= 0.3 is 0 Å². The van der Waals surface area contributed by atoms with E-state index in [1.807, 2.05) is 0 Å². The van der Waals surface area contributed by atoms with Crippen molar-refractivity contribution in [2.75, 3.05) is 0 Å². The summed E-state index contributed by atoms with van der Waals surface area (Å²) in [7, 11) is 0. The number of oxazole rings is 1. The molecule has 0 aliphatic heterocycles. The van der Waals surface area contributed by atoms with Crippen LogP contribution < -0.4 is 0 Å². The summed E-state index contributed by atoms with van der Waals surface area (Å²) in [5, 5.41) is 0.811. The van der Waals surface area contributed by atoms with Crippen LogP contribution in [0.3, 0.4) is 0 Å². The van der Waals surface area contributed by atoms with Crippen molar-refractivity contribution in [1.29, 1.82) is 0 Å². The van der Waals surface area contributed by atoms with Gasteiger partial charge < -0.3 is 4.42 Å². The van der Waals surface area contributed by atoms with Crippen LogP contribution in [0.4, 0.5) is 0 Å². The second kappa shape index (κ2) is 5.69. The Bertz CT molecular complexity index is 290. The van der Waals surface area contributed by atoms with Gasteiger partial charge in [0.15, 0.2) is 6.39 Å². The Morgan fingerprint density at radius 2 is 2.00 bits per heavy atom. The van der Waals surface area contributed by atoms with E-state index in [1.54, 1.807) is 6.39 Å². The third-order valence-electron chi connectivity index (χ3n) is 3.30. The molecule has 0 unspecified atom stereocenters. The van der Waals surface area contributed by atoms with Gasteiger partial charge in [-0.05, 0) is 5.92 Å². The van der Waals surface area contributed by atoms with Gasteiger partial charge in [-0.25, -0.2) is 4.98 Å². The van der Waals surface area contributed by atoms with E-state index in [-0.39, 0.29) is 0 Å². The molecule has 0 bridgehead atoms. The molecule has 1 fully saturated rings. The average Bonchev–Trinajstić information content (AvgIpc) is 2.53. The molecular weight excluding hydrogens is 254 g/mol. The van der Waals surface area contributed by atoms with Crippen LogP contribution in [0.2, 0.25) is 0 Å². The van der Waals surface area contributed by atoms with Gasteiger partial charge in [0.2, 0.25) is 0 Å². The van der Waals surface area contributed by atoms with Crippen LogP contribution >= 0.6 is 15.9 Å². The second-order valence-corrected chi connectivity index (χ2v) is 4.98. The Morgan fingerprint density at radius 3 is 2.67 bits per heavy atom. The van der Waals surface area contributed by atoms with Crippen molar-refractivity contribution in [1.82, 2.24) is 4.98 Å². The van der Waals surface area contributed by atoms with Gasteiger partial charge in [-0.1, -0.05) is 54.5 Å². The first-order chi connectivity index (χ1) is 7.40. The van der Waals surface area contributed by atoms with Gasteiger partial charge in [-0.3, -0.25) is 0 Å². The van der Waals surface area contributed by atoms with E-state index in [0.29, 0.717) is 0 Å². The number of hydrogen-bond donors (Lipinski definition) is 0. The minimum atomic E-state index is 0.811. The lowest BCUT2D eigenvalue weighted by Gasteiger charge is -2.11. The van der Waals surface area contributed by atoms with Crippen molar-refractivity contribution in [2.24, 2.45) is 5.92 Å². The zero-order valence-electron chi connectivity index (χ0n) is 9.04. The standard InChI is InChI=1S/C12H18BrNO/c13-8-11-12(15-9-14-11)7-10-5-3-1-2-4-6-10/h9-10H,1-8H2. The maximum absolute atomic E-state index is 5.46. The van der Waals surface area contributed by atoms with Crippen molar-refractivity contribution in [2.45, 2.75) is 50.3 Å². The third kappa shape index (κ3) is 3.07. The molecule has 0 aromatic carbocycles. The second-order valence-electron chi connectivity index (χ2n) is 4.42. The lowest BCUT2D eigenvalue weighted by Crippen LogP contribution is -2.04. The van der Waals surface area contributed by atoms with E-state index < -0.39 is 0 Å². The van der Waals surface area contributed by atoms with Crippen molar-refractivity contribution < 1.29 is 4.42 Å². The van der Waals surface area contributed by atoms with E-state index in [1.165, 1.54) is 38.5 Å². The molecule has 84 valence electrons. The molecule has 1 aromatic rings. The predicted molar refractivity (Wildman–Crippen MR) is 64.0 cm³/mol. The summed E-state index contributed by atoms with van der Waals surface area (Å²) < 4.78 is 5.46. The Morgan fingerprint density at radius 1 is 1.27 bits per heavy atom.